The van der Waals surface area contributed by atoms with Gasteiger partial charge in [-0.2, -0.15) is 13.5 Å². The van der Waals surface area contributed by atoms with Crippen LogP contribution in [0.4, 0.5) is 17.1 Å². The fourth-order valence-electron chi connectivity index (χ4n) is 2.63. The number of aryl methyl sites for hydroxylation is 4. The Morgan fingerprint density at radius 1 is 0.846 bits per heavy atom. The van der Waals surface area contributed by atoms with Gasteiger partial charge in [0.25, 0.3) is 10.1 Å². The Morgan fingerprint density at radius 3 is 2.00 bits per heavy atom. The van der Waals surface area contributed by atoms with E-state index in [1.54, 1.807) is 13.0 Å². The number of hydrogen-bond donors (Lipinski definition) is 2. The van der Waals surface area contributed by atoms with Gasteiger partial charge in [-0.3, -0.25) is 4.55 Å². The Kier molecular flexibility index (Phi) is 5.83. The van der Waals surface area contributed by atoms with E-state index in [0.29, 0.717) is 16.9 Å². The molecule has 0 bridgehead atoms. The van der Waals surface area contributed by atoms with E-state index in [0.717, 1.165) is 22.4 Å². The van der Waals surface area contributed by atoms with Gasteiger partial charge in [0.05, 0.1) is 16.3 Å². The number of anilines is 1. The monoisotopic (exact) mass is 375 g/mol. The third kappa shape index (κ3) is 4.68. The summed E-state index contributed by atoms with van der Waals surface area (Å²) in [5, 5.41) is 11.9. The van der Waals surface area contributed by atoms with Crippen LogP contribution in [-0.2, 0) is 10.1 Å². The van der Waals surface area contributed by atoms with E-state index in [1.807, 2.05) is 46.8 Å². The molecule has 0 aliphatic carbocycles. The number of nitrogens with zero attached hydrogens (tertiary/aromatic N) is 2. The van der Waals surface area contributed by atoms with Crippen LogP contribution in [0.1, 0.15) is 36.1 Å². The van der Waals surface area contributed by atoms with E-state index in [2.05, 4.69) is 15.5 Å². The van der Waals surface area contributed by atoms with E-state index in [1.165, 1.54) is 6.07 Å². The molecule has 0 amide bonds. The summed E-state index contributed by atoms with van der Waals surface area (Å²) in [6.07, 6.45) is 0. The summed E-state index contributed by atoms with van der Waals surface area (Å²) in [4.78, 5) is -0.155. The summed E-state index contributed by atoms with van der Waals surface area (Å²) in [6, 6.07) is 7.22. The van der Waals surface area contributed by atoms with Crippen molar-refractivity contribution in [3.63, 3.8) is 0 Å². The van der Waals surface area contributed by atoms with Crippen LogP contribution < -0.4 is 5.32 Å². The number of azo groups is 1. The first kappa shape index (κ1) is 20.1. The fourth-order valence-corrected chi connectivity index (χ4v) is 3.35. The van der Waals surface area contributed by atoms with Crippen LogP contribution in [0.15, 0.2) is 39.4 Å². The van der Waals surface area contributed by atoms with Gasteiger partial charge >= 0.3 is 0 Å². The van der Waals surface area contributed by atoms with Gasteiger partial charge in [-0.25, -0.2) is 0 Å². The molecule has 0 saturated carbocycles. The normalized spacial score (nSPS) is 12.2. The Bertz CT molecular complexity index is 964. The van der Waals surface area contributed by atoms with E-state index in [4.69, 9.17) is 0 Å². The van der Waals surface area contributed by atoms with Gasteiger partial charge in [-0.1, -0.05) is 6.07 Å². The maximum Gasteiger partial charge on any atom is 0.294 e. The summed E-state index contributed by atoms with van der Waals surface area (Å²) in [5.41, 5.74) is 5.43. The van der Waals surface area contributed by atoms with Crippen molar-refractivity contribution in [2.75, 3.05) is 5.32 Å². The standard InChI is InChI=1S/C19H25N3O3S/c1-11(2)20-17-8-12(3)13(4)9-18(17)22-21-16-10-19(26(23,24)25)15(6)7-14(16)5/h7-11,20H,1-6H3,(H,23,24,25)/b22-21+. The molecular weight excluding hydrogens is 350 g/mol. The molecule has 2 rings (SSSR count). The minimum atomic E-state index is -4.31. The molecule has 0 saturated heterocycles. The molecule has 2 aromatic rings. The lowest BCUT2D eigenvalue weighted by Gasteiger charge is -2.14. The molecule has 26 heavy (non-hydrogen) atoms. The van der Waals surface area contributed by atoms with Gasteiger partial charge in [-0.05, 0) is 82.0 Å². The number of benzene rings is 2. The maximum absolute atomic E-state index is 11.5. The van der Waals surface area contributed by atoms with Crippen LogP contribution in [0.25, 0.3) is 0 Å². The van der Waals surface area contributed by atoms with E-state index in [-0.39, 0.29) is 10.9 Å². The fraction of sp³-hybridized carbons (Fsp3) is 0.368. The van der Waals surface area contributed by atoms with E-state index < -0.39 is 10.1 Å². The molecule has 0 heterocycles. The Hall–Kier alpha value is -2.25. The minimum absolute atomic E-state index is 0.155. The zero-order valence-electron chi connectivity index (χ0n) is 16.0. The van der Waals surface area contributed by atoms with E-state index >= 15 is 0 Å². The first-order chi connectivity index (χ1) is 12.0. The molecule has 140 valence electrons. The average molecular weight is 375 g/mol. The molecule has 0 unspecified atom stereocenters. The van der Waals surface area contributed by atoms with Gasteiger partial charge in [0.15, 0.2) is 0 Å². The van der Waals surface area contributed by atoms with Crippen LogP contribution in [0.5, 0.6) is 0 Å². The Labute approximate surface area is 155 Å². The average Bonchev–Trinajstić information content (AvgIpc) is 2.49. The lowest BCUT2D eigenvalue weighted by atomic mass is 10.1. The van der Waals surface area contributed by atoms with Crippen molar-refractivity contribution in [1.82, 2.24) is 0 Å². The summed E-state index contributed by atoms with van der Waals surface area (Å²) in [7, 11) is -4.31. The Morgan fingerprint density at radius 2 is 1.42 bits per heavy atom. The van der Waals surface area contributed by atoms with Crippen molar-refractivity contribution < 1.29 is 13.0 Å². The summed E-state index contributed by atoms with van der Waals surface area (Å²) in [5.74, 6) is 0. The second kappa shape index (κ2) is 7.55. The summed E-state index contributed by atoms with van der Waals surface area (Å²) in [6.45, 7) is 11.6. The van der Waals surface area contributed by atoms with Crippen molar-refractivity contribution in [2.45, 2.75) is 52.5 Å². The second-order valence-electron chi connectivity index (χ2n) is 6.83. The van der Waals surface area contributed by atoms with E-state index in [9.17, 15) is 13.0 Å². The molecular formula is C19H25N3O3S. The topological polar surface area (TPSA) is 91.1 Å². The largest absolute Gasteiger partial charge is 0.381 e. The SMILES string of the molecule is Cc1cc(/N=N/c2cc(S(=O)(=O)O)c(C)cc2C)c(NC(C)C)cc1C. The lowest BCUT2D eigenvalue weighted by Crippen LogP contribution is -2.10. The molecule has 0 aromatic heterocycles. The third-order valence-corrected chi connectivity index (χ3v) is 5.09. The lowest BCUT2D eigenvalue weighted by molar-refractivity contribution is 0.482. The van der Waals surface area contributed by atoms with Crippen molar-refractivity contribution >= 4 is 27.2 Å². The molecule has 2 N–H and O–H groups in total. The summed E-state index contributed by atoms with van der Waals surface area (Å²) >= 11 is 0. The predicted octanol–water partition coefficient (Wildman–Crippen LogP) is 5.40. The highest BCUT2D eigenvalue weighted by Gasteiger charge is 2.15. The third-order valence-electron chi connectivity index (χ3n) is 4.09. The number of nitrogens with one attached hydrogen (secondary N) is 1. The van der Waals surface area contributed by atoms with Gasteiger partial charge < -0.3 is 5.32 Å². The quantitative estimate of drug-likeness (QED) is 0.540. The van der Waals surface area contributed by atoms with Crippen LogP contribution in [0.3, 0.4) is 0 Å². The van der Waals surface area contributed by atoms with Crippen molar-refractivity contribution in [3.8, 4) is 0 Å². The highest BCUT2D eigenvalue weighted by Crippen LogP contribution is 2.32. The summed E-state index contributed by atoms with van der Waals surface area (Å²) < 4.78 is 32.4. The van der Waals surface area contributed by atoms with Gasteiger partial charge in [0, 0.05) is 6.04 Å². The highest BCUT2D eigenvalue weighted by molar-refractivity contribution is 7.85. The Balaban J connectivity index is 2.52. The minimum Gasteiger partial charge on any atom is -0.381 e. The van der Waals surface area contributed by atoms with Gasteiger partial charge in [0.2, 0.25) is 0 Å². The van der Waals surface area contributed by atoms with Gasteiger partial charge in [0.1, 0.15) is 5.69 Å². The highest BCUT2D eigenvalue weighted by atomic mass is 32.2. The van der Waals surface area contributed by atoms with Crippen LogP contribution in [-0.4, -0.2) is 19.0 Å². The molecule has 0 radical (unpaired) electrons. The molecule has 7 heteroatoms. The van der Waals surface area contributed by atoms with Gasteiger partial charge in [-0.15, -0.1) is 5.11 Å². The number of hydrogen-bond acceptors (Lipinski definition) is 5. The smallest absolute Gasteiger partial charge is 0.294 e. The predicted molar refractivity (Wildman–Crippen MR) is 105 cm³/mol. The maximum atomic E-state index is 11.5. The second-order valence-corrected chi connectivity index (χ2v) is 8.22. The van der Waals surface area contributed by atoms with Crippen LogP contribution in [0.2, 0.25) is 0 Å². The molecule has 2 aromatic carbocycles. The molecule has 0 aliphatic rings. The molecule has 0 aliphatic heterocycles. The van der Waals surface area contributed by atoms with Crippen LogP contribution in [0, 0.1) is 27.7 Å². The number of rotatable bonds is 5. The first-order valence-corrected chi connectivity index (χ1v) is 9.81. The van der Waals surface area contributed by atoms with Crippen molar-refractivity contribution in [3.05, 3.63) is 46.5 Å². The van der Waals surface area contributed by atoms with Crippen molar-refractivity contribution in [2.24, 2.45) is 10.2 Å². The zero-order chi connectivity index (χ0) is 19.6. The molecule has 0 spiro atoms. The van der Waals surface area contributed by atoms with Crippen LogP contribution >= 0.6 is 0 Å². The van der Waals surface area contributed by atoms with Crippen molar-refractivity contribution in [1.29, 1.82) is 0 Å². The molecule has 0 fully saturated rings. The zero-order valence-corrected chi connectivity index (χ0v) is 16.8. The first-order valence-electron chi connectivity index (χ1n) is 8.37. The molecule has 0 atom stereocenters. The molecule has 6 nitrogen and oxygen atoms in total.